The van der Waals surface area contributed by atoms with Crippen LogP contribution in [-0.2, 0) is 6.42 Å². The van der Waals surface area contributed by atoms with Crippen LogP contribution < -0.4 is 10.2 Å². The Kier molecular flexibility index (Phi) is 4.90. The van der Waals surface area contributed by atoms with Gasteiger partial charge in [-0.05, 0) is 31.0 Å². The summed E-state index contributed by atoms with van der Waals surface area (Å²) >= 11 is 0. The molecular weight excluding hydrogens is 243 g/mol. The van der Waals surface area contributed by atoms with Crippen LogP contribution in [0.1, 0.15) is 12.0 Å². The summed E-state index contributed by atoms with van der Waals surface area (Å²) in [5.41, 5.74) is 3.00. The lowest BCUT2D eigenvalue weighted by molar-refractivity contribution is 0.654. The predicted molar refractivity (Wildman–Crippen MR) is 73.3 cm³/mol. The zero-order chi connectivity index (χ0) is 9.38. The predicted octanol–water partition coefficient (Wildman–Crippen LogP) is 2.25. The van der Waals surface area contributed by atoms with E-state index in [4.69, 9.17) is 0 Å². The highest BCUT2D eigenvalue weighted by atomic mass is 35.5. The van der Waals surface area contributed by atoms with Crippen LogP contribution in [0.5, 0.6) is 0 Å². The van der Waals surface area contributed by atoms with Gasteiger partial charge in [0.25, 0.3) is 0 Å². The van der Waals surface area contributed by atoms with Crippen LogP contribution in [0.2, 0.25) is 0 Å². The van der Waals surface area contributed by atoms with Gasteiger partial charge in [-0.2, -0.15) is 0 Å². The first kappa shape index (κ1) is 13.6. The van der Waals surface area contributed by atoms with Crippen LogP contribution in [0.4, 0.5) is 5.69 Å². The third-order valence-electron chi connectivity index (χ3n) is 3.40. The maximum atomic E-state index is 3.44. The van der Waals surface area contributed by atoms with Crippen molar-refractivity contribution < 1.29 is 0 Å². The monoisotopic (exact) mass is 260 g/mol. The summed E-state index contributed by atoms with van der Waals surface area (Å²) in [7, 11) is 0. The van der Waals surface area contributed by atoms with Crippen LogP contribution in [-0.4, -0.2) is 25.7 Å². The van der Waals surface area contributed by atoms with Crippen LogP contribution in [0.15, 0.2) is 24.3 Å². The second kappa shape index (κ2) is 5.76. The van der Waals surface area contributed by atoms with Gasteiger partial charge in [-0.3, -0.25) is 0 Å². The maximum Gasteiger partial charge on any atom is 0.0426 e. The van der Waals surface area contributed by atoms with Gasteiger partial charge in [-0.25, -0.2) is 0 Å². The fourth-order valence-corrected chi connectivity index (χ4v) is 2.65. The molecule has 4 heteroatoms. The van der Waals surface area contributed by atoms with Crippen LogP contribution in [0.25, 0.3) is 0 Å². The Labute approximate surface area is 109 Å². The minimum atomic E-state index is 0. The molecule has 1 aromatic carbocycles. The molecule has 1 saturated heterocycles. The van der Waals surface area contributed by atoms with Gasteiger partial charge in [-0.15, -0.1) is 24.8 Å². The first-order chi connectivity index (χ1) is 6.95. The third kappa shape index (κ3) is 2.29. The standard InChI is InChI=1S/C12H16N2.2ClH/c1-2-4-12-10(3-1)6-8-14(12)11-5-7-13-9-11;;/h1-4,11,13H,5-9H2;2*1H. The fourth-order valence-electron chi connectivity index (χ4n) is 2.65. The Morgan fingerprint density at radius 3 is 2.75 bits per heavy atom. The lowest BCUT2D eigenvalue weighted by Crippen LogP contribution is -2.35. The number of para-hydroxylation sites is 1. The van der Waals surface area contributed by atoms with E-state index in [1.165, 1.54) is 37.2 Å². The second-order valence-corrected chi connectivity index (χ2v) is 4.22. The van der Waals surface area contributed by atoms with Gasteiger partial charge in [0.15, 0.2) is 0 Å². The molecule has 1 fully saturated rings. The highest BCUT2D eigenvalue weighted by Gasteiger charge is 2.27. The van der Waals surface area contributed by atoms with Gasteiger partial charge in [0.05, 0.1) is 0 Å². The largest absolute Gasteiger partial charge is 0.367 e. The smallest absolute Gasteiger partial charge is 0.0426 e. The zero-order valence-electron chi connectivity index (χ0n) is 9.19. The van der Waals surface area contributed by atoms with Crippen LogP contribution >= 0.6 is 24.8 Å². The number of nitrogens with zero attached hydrogens (tertiary/aromatic N) is 1. The van der Waals surface area contributed by atoms with Gasteiger partial charge in [0, 0.05) is 24.8 Å². The Bertz CT molecular complexity index is 338. The molecule has 1 aromatic rings. The Morgan fingerprint density at radius 2 is 2.00 bits per heavy atom. The molecule has 16 heavy (non-hydrogen) atoms. The molecule has 1 N–H and O–H groups in total. The molecule has 0 saturated carbocycles. The van der Waals surface area contributed by atoms with Crippen molar-refractivity contribution >= 4 is 30.5 Å². The van der Waals surface area contributed by atoms with Crippen LogP contribution in [0, 0.1) is 0 Å². The summed E-state index contributed by atoms with van der Waals surface area (Å²) in [5.74, 6) is 0. The maximum absolute atomic E-state index is 3.44. The molecule has 0 radical (unpaired) electrons. The molecule has 0 amide bonds. The molecule has 2 aliphatic heterocycles. The normalized spacial score (nSPS) is 22.2. The molecule has 2 nitrogen and oxygen atoms in total. The van der Waals surface area contributed by atoms with E-state index in [0.29, 0.717) is 0 Å². The fraction of sp³-hybridized carbons (Fsp3) is 0.500. The summed E-state index contributed by atoms with van der Waals surface area (Å²) < 4.78 is 0. The highest BCUT2D eigenvalue weighted by Crippen LogP contribution is 2.30. The average Bonchev–Trinajstić information content (AvgIpc) is 2.85. The van der Waals surface area contributed by atoms with Crippen molar-refractivity contribution in [2.45, 2.75) is 18.9 Å². The van der Waals surface area contributed by atoms with Crippen molar-refractivity contribution in [1.82, 2.24) is 5.32 Å². The second-order valence-electron chi connectivity index (χ2n) is 4.22. The molecular formula is C12H18Cl2N2. The molecule has 1 atom stereocenters. The molecule has 1 unspecified atom stereocenters. The van der Waals surface area contributed by atoms with E-state index in [1.807, 2.05) is 0 Å². The van der Waals surface area contributed by atoms with Crippen molar-refractivity contribution in [1.29, 1.82) is 0 Å². The number of hydrogen-bond donors (Lipinski definition) is 1. The molecule has 3 rings (SSSR count). The molecule has 0 aromatic heterocycles. The average molecular weight is 261 g/mol. The number of fused-ring (bicyclic) bond motifs is 1. The molecule has 0 aliphatic carbocycles. The number of anilines is 1. The van der Waals surface area contributed by atoms with E-state index < -0.39 is 0 Å². The highest BCUT2D eigenvalue weighted by molar-refractivity contribution is 5.85. The minimum Gasteiger partial charge on any atom is -0.367 e. The summed E-state index contributed by atoms with van der Waals surface area (Å²) in [4.78, 5) is 2.58. The molecule has 2 aliphatic rings. The quantitative estimate of drug-likeness (QED) is 0.834. The SMILES string of the molecule is Cl.Cl.c1ccc2c(c1)CCN2C1CCNC1. The van der Waals surface area contributed by atoms with Crippen molar-refractivity contribution in [2.24, 2.45) is 0 Å². The lowest BCUT2D eigenvalue weighted by Gasteiger charge is -2.26. The van der Waals surface area contributed by atoms with Crippen molar-refractivity contribution in [3.8, 4) is 0 Å². The number of rotatable bonds is 1. The Hall–Kier alpha value is -0.440. The van der Waals surface area contributed by atoms with Crippen LogP contribution in [0.3, 0.4) is 0 Å². The Balaban J connectivity index is 0.000000640. The third-order valence-corrected chi connectivity index (χ3v) is 3.40. The molecule has 2 heterocycles. The van der Waals surface area contributed by atoms with Crippen molar-refractivity contribution in [2.75, 3.05) is 24.5 Å². The lowest BCUT2D eigenvalue weighted by atomic mass is 10.1. The summed E-state index contributed by atoms with van der Waals surface area (Å²) in [6.45, 7) is 3.56. The van der Waals surface area contributed by atoms with E-state index in [-0.39, 0.29) is 24.8 Å². The zero-order valence-corrected chi connectivity index (χ0v) is 10.8. The first-order valence-corrected chi connectivity index (χ1v) is 5.50. The Morgan fingerprint density at radius 1 is 1.19 bits per heavy atom. The van der Waals surface area contributed by atoms with E-state index in [0.717, 1.165) is 12.6 Å². The van der Waals surface area contributed by atoms with Gasteiger partial charge in [0.1, 0.15) is 0 Å². The van der Waals surface area contributed by atoms with E-state index in [1.54, 1.807) is 0 Å². The van der Waals surface area contributed by atoms with E-state index >= 15 is 0 Å². The topological polar surface area (TPSA) is 15.3 Å². The van der Waals surface area contributed by atoms with Crippen molar-refractivity contribution in [3.05, 3.63) is 29.8 Å². The summed E-state index contributed by atoms with van der Waals surface area (Å²) in [6, 6.07) is 9.56. The van der Waals surface area contributed by atoms with Gasteiger partial charge < -0.3 is 10.2 Å². The first-order valence-electron chi connectivity index (χ1n) is 5.50. The van der Waals surface area contributed by atoms with Gasteiger partial charge in [0.2, 0.25) is 0 Å². The van der Waals surface area contributed by atoms with Gasteiger partial charge >= 0.3 is 0 Å². The number of benzene rings is 1. The summed E-state index contributed by atoms with van der Waals surface area (Å²) in [5, 5.41) is 3.44. The molecule has 90 valence electrons. The van der Waals surface area contributed by atoms with E-state index in [2.05, 4.69) is 34.5 Å². The van der Waals surface area contributed by atoms with Gasteiger partial charge in [-0.1, -0.05) is 18.2 Å². The van der Waals surface area contributed by atoms with Crippen molar-refractivity contribution in [3.63, 3.8) is 0 Å². The minimum absolute atomic E-state index is 0. The number of halogens is 2. The number of nitrogens with one attached hydrogen (secondary N) is 1. The molecule has 0 spiro atoms. The number of hydrogen-bond acceptors (Lipinski definition) is 2. The summed E-state index contributed by atoms with van der Waals surface area (Å²) in [6.07, 6.45) is 2.53. The van der Waals surface area contributed by atoms with E-state index in [9.17, 15) is 0 Å². The molecule has 0 bridgehead atoms.